The van der Waals surface area contributed by atoms with Crippen molar-refractivity contribution in [3.05, 3.63) is 30.3 Å². The Balaban J connectivity index is 1.84. The summed E-state index contributed by atoms with van der Waals surface area (Å²) in [6, 6.07) is 10.7. The highest BCUT2D eigenvalue weighted by Gasteiger charge is 2.22. The predicted octanol–water partition coefficient (Wildman–Crippen LogP) is 1.49. The van der Waals surface area contributed by atoms with Crippen LogP contribution in [0.15, 0.2) is 35.3 Å². The number of hydrogen-bond donors (Lipinski definition) is 2. The molecule has 0 amide bonds. The van der Waals surface area contributed by atoms with Gasteiger partial charge in [0.2, 0.25) is 10.0 Å². The van der Waals surface area contributed by atoms with Crippen LogP contribution in [0.2, 0.25) is 0 Å². The summed E-state index contributed by atoms with van der Waals surface area (Å²) in [4.78, 5) is 6.63. The summed E-state index contributed by atoms with van der Waals surface area (Å²) in [7, 11) is -1.51. The summed E-state index contributed by atoms with van der Waals surface area (Å²) in [6.45, 7) is 7.02. The lowest BCUT2D eigenvalue weighted by molar-refractivity contribution is 0.444. The van der Waals surface area contributed by atoms with Crippen molar-refractivity contribution in [1.29, 1.82) is 0 Å². The Bertz CT molecular complexity index is 689. The molecule has 0 bridgehead atoms. The minimum absolute atomic E-state index is 0.0657. The number of nitrogens with one attached hydrogen (secondary N) is 2. The maximum absolute atomic E-state index is 12.3. The zero-order chi connectivity index (χ0) is 19.7. The van der Waals surface area contributed by atoms with Crippen LogP contribution in [-0.2, 0) is 10.0 Å². The van der Waals surface area contributed by atoms with Gasteiger partial charge in [0, 0.05) is 51.5 Å². The first-order valence-electron chi connectivity index (χ1n) is 9.75. The van der Waals surface area contributed by atoms with Crippen molar-refractivity contribution in [3.8, 4) is 0 Å². The van der Waals surface area contributed by atoms with E-state index in [0.717, 1.165) is 25.9 Å². The van der Waals surface area contributed by atoms with Crippen molar-refractivity contribution in [2.45, 2.75) is 32.7 Å². The van der Waals surface area contributed by atoms with Crippen LogP contribution < -0.4 is 15.5 Å². The van der Waals surface area contributed by atoms with E-state index in [1.807, 2.05) is 19.9 Å². The van der Waals surface area contributed by atoms with Crippen LogP contribution in [-0.4, -0.2) is 70.2 Å². The molecule has 1 unspecified atom stereocenters. The average Bonchev–Trinajstić information content (AvgIpc) is 2.68. The molecule has 2 N–H and O–H groups in total. The highest BCUT2D eigenvalue weighted by Crippen LogP contribution is 2.19. The number of benzene rings is 1. The highest BCUT2D eigenvalue weighted by molar-refractivity contribution is 7.89. The standard InChI is InChI=1S/C19H33N5O2S/c1-4-24(5-2)27(25,26)15-13-21-19(20-3)22-17-10-9-14-23(16-17)18-11-7-6-8-12-18/h6-8,11-12,17H,4-5,9-10,13-16H2,1-3H3,(H2,20,21,22). The zero-order valence-corrected chi connectivity index (χ0v) is 17.5. The molecule has 0 aliphatic carbocycles. The van der Waals surface area contributed by atoms with Gasteiger partial charge in [-0.05, 0) is 25.0 Å². The van der Waals surface area contributed by atoms with Crippen LogP contribution in [0.5, 0.6) is 0 Å². The van der Waals surface area contributed by atoms with Crippen LogP contribution in [0.1, 0.15) is 26.7 Å². The molecule has 1 aromatic carbocycles. The molecule has 1 aliphatic heterocycles. The van der Waals surface area contributed by atoms with E-state index in [9.17, 15) is 8.42 Å². The molecule has 1 heterocycles. The number of aliphatic imine (C=N–C) groups is 1. The van der Waals surface area contributed by atoms with Gasteiger partial charge >= 0.3 is 0 Å². The van der Waals surface area contributed by atoms with Crippen molar-refractivity contribution < 1.29 is 8.42 Å². The SMILES string of the molecule is CCN(CC)S(=O)(=O)CCNC(=NC)NC1CCCN(c2ccccc2)C1. The number of guanidine groups is 1. The summed E-state index contributed by atoms with van der Waals surface area (Å²) in [5.41, 5.74) is 1.23. The fourth-order valence-corrected chi connectivity index (χ4v) is 4.81. The normalized spacial score (nSPS) is 18.6. The monoisotopic (exact) mass is 395 g/mol. The van der Waals surface area contributed by atoms with Crippen LogP contribution in [0, 0.1) is 0 Å². The van der Waals surface area contributed by atoms with E-state index in [1.165, 1.54) is 9.99 Å². The number of hydrogen-bond acceptors (Lipinski definition) is 4. The summed E-state index contributed by atoms with van der Waals surface area (Å²) in [6.07, 6.45) is 2.18. The lowest BCUT2D eigenvalue weighted by Crippen LogP contribution is -2.52. The predicted molar refractivity (Wildman–Crippen MR) is 113 cm³/mol. The molecule has 0 spiro atoms. The lowest BCUT2D eigenvalue weighted by atomic mass is 10.1. The Labute approximate surface area is 163 Å². The van der Waals surface area contributed by atoms with Crippen LogP contribution >= 0.6 is 0 Å². The van der Waals surface area contributed by atoms with E-state index >= 15 is 0 Å². The molecule has 2 rings (SSSR count). The smallest absolute Gasteiger partial charge is 0.215 e. The molecule has 0 aromatic heterocycles. The first-order chi connectivity index (χ1) is 13.0. The van der Waals surface area contributed by atoms with E-state index in [-0.39, 0.29) is 11.8 Å². The van der Waals surface area contributed by atoms with Gasteiger partial charge in [0.25, 0.3) is 0 Å². The van der Waals surface area contributed by atoms with Crippen molar-refractivity contribution in [2.75, 3.05) is 50.4 Å². The molecular formula is C19H33N5O2S. The second-order valence-electron chi connectivity index (χ2n) is 6.66. The zero-order valence-electron chi connectivity index (χ0n) is 16.7. The third kappa shape index (κ3) is 6.39. The fraction of sp³-hybridized carbons (Fsp3) is 0.632. The Morgan fingerprint density at radius 3 is 2.59 bits per heavy atom. The van der Waals surface area contributed by atoms with Gasteiger partial charge in [0.1, 0.15) is 0 Å². The fourth-order valence-electron chi connectivity index (χ4n) is 3.40. The molecule has 1 fully saturated rings. The van der Waals surface area contributed by atoms with Gasteiger partial charge in [-0.15, -0.1) is 0 Å². The maximum Gasteiger partial charge on any atom is 0.215 e. The minimum atomic E-state index is -3.22. The Kier molecular flexibility index (Phi) is 8.37. The molecule has 27 heavy (non-hydrogen) atoms. The largest absolute Gasteiger partial charge is 0.369 e. The number of anilines is 1. The number of piperidine rings is 1. The minimum Gasteiger partial charge on any atom is -0.369 e. The number of para-hydroxylation sites is 1. The van der Waals surface area contributed by atoms with Crippen molar-refractivity contribution in [3.63, 3.8) is 0 Å². The lowest BCUT2D eigenvalue weighted by Gasteiger charge is -2.35. The Morgan fingerprint density at radius 2 is 1.96 bits per heavy atom. The summed E-state index contributed by atoms with van der Waals surface area (Å²) in [5, 5.41) is 6.58. The van der Waals surface area contributed by atoms with Gasteiger partial charge in [-0.2, -0.15) is 0 Å². The molecule has 1 aliphatic rings. The number of rotatable bonds is 8. The van der Waals surface area contributed by atoms with E-state index in [2.05, 4.69) is 44.8 Å². The highest BCUT2D eigenvalue weighted by atomic mass is 32.2. The summed E-state index contributed by atoms with van der Waals surface area (Å²) >= 11 is 0. The van der Waals surface area contributed by atoms with E-state index < -0.39 is 10.0 Å². The van der Waals surface area contributed by atoms with Gasteiger partial charge in [-0.1, -0.05) is 32.0 Å². The van der Waals surface area contributed by atoms with Crippen molar-refractivity contribution in [1.82, 2.24) is 14.9 Å². The maximum atomic E-state index is 12.3. The Morgan fingerprint density at radius 1 is 1.26 bits per heavy atom. The van der Waals surface area contributed by atoms with Gasteiger partial charge < -0.3 is 15.5 Å². The summed E-state index contributed by atoms with van der Waals surface area (Å²) < 4.78 is 26.0. The third-order valence-electron chi connectivity index (χ3n) is 4.86. The van der Waals surface area contributed by atoms with Gasteiger partial charge in [-0.3, -0.25) is 4.99 Å². The van der Waals surface area contributed by atoms with E-state index in [1.54, 1.807) is 7.05 Å². The van der Waals surface area contributed by atoms with Crippen molar-refractivity contribution >= 4 is 21.7 Å². The van der Waals surface area contributed by atoms with Gasteiger partial charge in [-0.25, -0.2) is 12.7 Å². The average molecular weight is 396 g/mol. The second-order valence-corrected chi connectivity index (χ2v) is 8.75. The van der Waals surface area contributed by atoms with Gasteiger partial charge in [0.15, 0.2) is 5.96 Å². The van der Waals surface area contributed by atoms with E-state index in [0.29, 0.717) is 25.6 Å². The number of nitrogens with zero attached hydrogens (tertiary/aromatic N) is 3. The molecule has 7 nitrogen and oxygen atoms in total. The molecule has 0 saturated carbocycles. The molecule has 1 saturated heterocycles. The quantitative estimate of drug-likeness (QED) is 0.515. The first kappa shape index (κ1) is 21.5. The molecule has 152 valence electrons. The molecule has 8 heteroatoms. The van der Waals surface area contributed by atoms with Crippen molar-refractivity contribution in [2.24, 2.45) is 4.99 Å². The van der Waals surface area contributed by atoms with Gasteiger partial charge in [0.05, 0.1) is 5.75 Å². The first-order valence-corrected chi connectivity index (χ1v) is 11.4. The molecule has 1 aromatic rings. The number of sulfonamides is 1. The summed E-state index contributed by atoms with van der Waals surface area (Å²) in [5.74, 6) is 0.723. The molecule has 1 atom stereocenters. The molecular weight excluding hydrogens is 362 g/mol. The van der Waals surface area contributed by atoms with Crippen LogP contribution in [0.25, 0.3) is 0 Å². The molecule has 0 radical (unpaired) electrons. The van der Waals surface area contributed by atoms with Crippen LogP contribution in [0.4, 0.5) is 5.69 Å². The third-order valence-corrected chi connectivity index (χ3v) is 6.88. The topological polar surface area (TPSA) is 77.0 Å². The Hall–Kier alpha value is -1.80. The second kappa shape index (κ2) is 10.5. The van der Waals surface area contributed by atoms with Crippen LogP contribution in [0.3, 0.4) is 0 Å². The van der Waals surface area contributed by atoms with E-state index in [4.69, 9.17) is 0 Å².